The summed E-state index contributed by atoms with van der Waals surface area (Å²) in [4.78, 5) is 0. The lowest BCUT2D eigenvalue weighted by Gasteiger charge is -2.13. The molecule has 104 valence electrons. The SMILES string of the molecule is CC(C)C(N)c1ccn(CCS(=O)(=O)C(C)C)c1. The molecule has 4 nitrogen and oxygen atoms in total. The molecule has 0 spiro atoms. The molecular weight excluding hydrogens is 248 g/mol. The van der Waals surface area contributed by atoms with E-state index in [9.17, 15) is 8.42 Å². The number of aromatic nitrogens is 1. The van der Waals surface area contributed by atoms with E-state index in [2.05, 4.69) is 13.8 Å². The van der Waals surface area contributed by atoms with Crippen molar-refractivity contribution in [3.63, 3.8) is 0 Å². The third kappa shape index (κ3) is 3.85. The van der Waals surface area contributed by atoms with Crippen LogP contribution in [-0.2, 0) is 16.4 Å². The molecule has 18 heavy (non-hydrogen) atoms. The van der Waals surface area contributed by atoms with Gasteiger partial charge in [0.05, 0.1) is 11.0 Å². The van der Waals surface area contributed by atoms with Gasteiger partial charge in [-0.15, -0.1) is 0 Å². The number of sulfone groups is 1. The van der Waals surface area contributed by atoms with Crippen LogP contribution in [0.1, 0.15) is 39.3 Å². The molecule has 0 aromatic carbocycles. The van der Waals surface area contributed by atoms with Crippen LogP contribution in [0.3, 0.4) is 0 Å². The van der Waals surface area contributed by atoms with Crippen molar-refractivity contribution in [3.05, 3.63) is 24.0 Å². The molecule has 0 radical (unpaired) electrons. The molecule has 0 aliphatic heterocycles. The van der Waals surface area contributed by atoms with Crippen LogP contribution in [0, 0.1) is 5.92 Å². The molecule has 1 heterocycles. The van der Waals surface area contributed by atoms with E-state index in [-0.39, 0.29) is 17.0 Å². The highest BCUT2D eigenvalue weighted by molar-refractivity contribution is 7.91. The zero-order chi connectivity index (χ0) is 13.9. The number of aryl methyl sites for hydroxylation is 1. The first-order chi connectivity index (χ1) is 8.24. The molecule has 0 aliphatic carbocycles. The summed E-state index contributed by atoms with van der Waals surface area (Å²) in [7, 11) is -2.98. The van der Waals surface area contributed by atoms with Crippen molar-refractivity contribution in [1.82, 2.24) is 4.57 Å². The molecule has 1 atom stereocenters. The van der Waals surface area contributed by atoms with E-state index >= 15 is 0 Å². The third-order valence-corrected chi connectivity index (χ3v) is 5.42. The van der Waals surface area contributed by atoms with Crippen LogP contribution in [0.5, 0.6) is 0 Å². The van der Waals surface area contributed by atoms with Gasteiger partial charge in [0.15, 0.2) is 9.84 Å². The Kier molecular flexibility index (Phi) is 4.99. The van der Waals surface area contributed by atoms with Crippen molar-refractivity contribution in [3.8, 4) is 0 Å². The molecule has 0 bridgehead atoms. The van der Waals surface area contributed by atoms with Crippen molar-refractivity contribution in [2.45, 2.75) is 45.5 Å². The Bertz CT molecular complexity index is 475. The zero-order valence-electron chi connectivity index (χ0n) is 11.6. The zero-order valence-corrected chi connectivity index (χ0v) is 12.4. The molecule has 1 aromatic heterocycles. The van der Waals surface area contributed by atoms with E-state index < -0.39 is 9.84 Å². The standard InChI is InChI=1S/C13H24N2O2S/c1-10(2)13(14)12-5-6-15(9-12)7-8-18(16,17)11(3)4/h5-6,9-11,13H,7-8,14H2,1-4H3. The monoisotopic (exact) mass is 272 g/mol. The molecule has 0 saturated heterocycles. The third-order valence-electron chi connectivity index (χ3n) is 3.23. The van der Waals surface area contributed by atoms with Crippen molar-refractivity contribution in [2.75, 3.05) is 5.75 Å². The van der Waals surface area contributed by atoms with Crippen LogP contribution in [-0.4, -0.2) is 24.0 Å². The van der Waals surface area contributed by atoms with Gasteiger partial charge in [0.1, 0.15) is 0 Å². The summed E-state index contributed by atoms with van der Waals surface area (Å²) in [5, 5.41) is -0.314. The first-order valence-corrected chi connectivity index (χ1v) is 8.08. The quantitative estimate of drug-likeness (QED) is 0.861. The minimum atomic E-state index is -2.98. The fraction of sp³-hybridized carbons (Fsp3) is 0.692. The second kappa shape index (κ2) is 5.89. The fourth-order valence-electron chi connectivity index (χ4n) is 1.65. The Morgan fingerprint density at radius 3 is 2.39 bits per heavy atom. The number of nitrogens with two attached hydrogens (primary N) is 1. The summed E-state index contributed by atoms with van der Waals surface area (Å²) in [5.74, 6) is 0.552. The van der Waals surface area contributed by atoms with Crippen LogP contribution in [0.25, 0.3) is 0 Å². The summed E-state index contributed by atoms with van der Waals surface area (Å²) in [6.45, 7) is 8.07. The summed E-state index contributed by atoms with van der Waals surface area (Å²) in [6.07, 6.45) is 3.84. The Labute approximate surface area is 110 Å². The van der Waals surface area contributed by atoms with E-state index in [0.717, 1.165) is 5.56 Å². The van der Waals surface area contributed by atoms with Crippen LogP contribution in [0.15, 0.2) is 18.5 Å². The van der Waals surface area contributed by atoms with E-state index in [1.165, 1.54) is 0 Å². The number of rotatable bonds is 6. The van der Waals surface area contributed by atoms with E-state index in [4.69, 9.17) is 5.73 Å². The average molecular weight is 272 g/mol. The molecule has 0 aliphatic rings. The molecular formula is C13H24N2O2S. The average Bonchev–Trinajstić information content (AvgIpc) is 2.73. The van der Waals surface area contributed by atoms with Crippen LogP contribution in [0.4, 0.5) is 0 Å². The predicted molar refractivity (Wildman–Crippen MR) is 75.1 cm³/mol. The lowest BCUT2D eigenvalue weighted by atomic mass is 10.00. The Hall–Kier alpha value is -0.810. The second-order valence-corrected chi connectivity index (χ2v) is 8.04. The van der Waals surface area contributed by atoms with Gasteiger partial charge in [-0.2, -0.15) is 0 Å². The first-order valence-electron chi connectivity index (χ1n) is 6.37. The Morgan fingerprint density at radius 1 is 1.28 bits per heavy atom. The minimum Gasteiger partial charge on any atom is -0.353 e. The topological polar surface area (TPSA) is 65.1 Å². The largest absolute Gasteiger partial charge is 0.353 e. The molecule has 0 fully saturated rings. The van der Waals surface area contributed by atoms with Crippen molar-refractivity contribution >= 4 is 9.84 Å². The summed E-state index contributed by atoms with van der Waals surface area (Å²) in [5.41, 5.74) is 7.11. The van der Waals surface area contributed by atoms with E-state index in [0.29, 0.717) is 12.5 Å². The lowest BCUT2D eigenvalue weighted by molar-refractivity contribution is 0.513. The van der Waals surface area contributed by atoms with Gasteiger partial charge in [-0.3, -0.25) is 0 Å². The minimum absolute atomic E-state index is 0.00737. The van der Waals surface area contributed by atoms with Gasteiger partial charge in [0.25, 0.3) is 0 Å². The van der Waals surface area contributed by atoms with E-state index in [1.54, 1.807) is 13.8 Å². The highest BCUT2D eigenvalue weighted by atomic mass is 32.2. The number of hydrogen-bond donors (Lipinski definition) is 1. The van der Waals surface area contributed by atoms with Crippen molar-refractivity contribution in [2.24, 2.45) is 11.7 Å². The van der Waals surface area contributed by atoms with Gasteiger partial charge in [0, 0.05) is 25.0 Å². The van der Waals surface area contributed by atoms with Crippen molar-refractivity contribution < 1.29 is 8.42 Å². The molecule has 0 amide bonds. The molecule has 2 N–H and O–H groups in total. The Morgan fingerprint density at radius 2 is 1.89 bits per heavy atom. The Balaban J connectivity index is 2.66. The second-order valence-electron chi connectivity index (χ2n) is 5.37. The van der Waals surface area contributed by atoms with Crippen LogP contribution >= 0.6 is 0 Å². The number of hydrogen-bond acceptors (Lipinski definition) is 3. The highest BCUT2D eigenvalue weighted by Crippen LogP contribution is 2.19. The normalized spacial score (nSPS) is 14.4. The molecule has 1 rings (SSSR count). The van der Waals surface area contributed by atoms with Gasteiger partial charge in [-0.1, -0.05) is 13.8 Å². The summed E-state index contributed by atoms with van der Waals surface area (Å²) < 4.78 is 25.3. The van der Waals surface area contributed by atoms with Gasteiger partial charge < -0.3 is 10.3 Å². The molecule has 5 heteroatoms. The van der Waals surface area contributed by atoms with Gasteiger partial charge in [0.2, 0.25) is 0 Å². The molecule has 1 aromatic rings. The lowest BCUT2D eigenvalue weighted by Crippen LogP contribution is -2.21. The van der Waals surface area contributed by atoms with Crippen LogP contribution in [0.2, 0.25) is 0 Å². The van der Waals surface area contributed by atoms with E-state index in [1.807, 2.05) is 23.0 Å². The molecule has 1 unspecified atom stereocenters. The first kappa shape index (κ1) is 15.2. The summed E-state index contributed by atoms with van der Waals surface area (Å²) >= 11 is 0. The fourth-order valence-corrected chi connectivity index (χ4v) is 2.59. The maximum atomic E-state index is 11.7. The van der Waals surface area contributed by atoms with Gasteiger partial charge in [-0.25, -0.2) is 8.42 Å². The highest BCUT2D eigenvalue weighted by Gasteiger charge is 2.16. The number of nitrogens with zero attached hydrogens (tertiary/aromatic N) is 1. The predicted octanol–water partition coefficient (Wildman–Crippen LogP) is 1.97. The maximum absolute atomic E-state index is 11.7. The van der Waals surface area contributed by atoms with Gasteiger partial charge >= 0.3 is 0 Å². The van der Waals surface area contributed by atoms with Crippen LogP contribution < -0.4 is 5.73 Å². The van der Waals surface area contributed by atoms with Crippen molar-refractivity contribution in [1.29, 1.82) is 0 Å². The maximum Gasteiger partial charge on any atom is 0.154 e. The smallest absolute Gasteiger partial charge is 0.154 e. The summed E-state index contributed by atoms with van der Waals surface area (Å²) in [6, 6.07) is 1.97. The molecule has 0 saturated carbocycles. The van der Waals surface area contributed by atoms with Gasteiger partial charge in [-0.05, 0) is 31.4 Å².